The number of rotatable bonds is 8. The van der Waals surface area contributed by atoms with Gasteiger partial charge in [0.05, 0.1) is 0 Å². The third kappa shape index (κ3) is 3.76. The molecule has 2 aromatic rings. The van der Waals surface area contributed by atoms with Crippen LogP contribution >= 0.6 is 0 Å². The number of aryl methyl sites for hydroxylation is 2. The average molecular weight is 358 g/mol. The van der Waals surface area contributed by atoms with Crippen molar-refractivity contribution < 1.29 is 19.1 Å². The summed E-state index contributed by atoms with van der Waals surface area (Å²) in [6.07, 6.45) is 7.00. The standard InChI is InChI=1S/C21H26O5/c1-3-4-5-6-8-14-11-17-15-9-7-10-16(15)21(24)26-19(17)12-18(14)25-13(2)20(22)23/h11-13H,3-10H2,1-2H3,(H,22,23)/t13-/m1/s1. The van der Waals surface area contributed by atoms with Crippen molar-refractivity contribution in [3.05, 3.63) is 39.2 Å². The van der Waals surface area contributed by atoms with Crippen LogP contribution in [0, 0.1) is 0 Å². The first-order chi connectivity index (χ1) is 12.5. The van der Waals surface area contributed by atoms with Gasteiger partial charge in [0.2, 0.25) is 0 Å². The first kappa shape index (κ1) is 18.5. The summed E-state index contributed by atoms with van der Waals surface area (Å²) in [5, 5.41) is 10.1. The summed E-state index contributed by atoms with van der Waals surface area (Å²) in [7, 11) is 0. The molecule has 1 aromatic carbocycles. The van der Waals surface area contributed by atoms with E-state index in [1.807, 2.05) is 6.07 Å². The largest absolute Gasteiger partial charge is 0.479 e. The van der Waals surface area contributed by atoms with E-state index in [0.717, 1.165) is 67.0 Å². The van der Waals surface area contributed by atoms with E-state index in [-0.39, 0.29) is 5.63 Å². The van der Waals surface area contributed by atoms with E-state index in [0.29, 0.717) is 11.3 Å². The molecule has 1 atom stereocenters. The van der Waals surface area contributed by atoms with Gasteiger partial charge in [0.25, 0.3) is 0 Å². The maximum Gasteiger partial charge on any atom is 0.344 e. The Morgan fingerprint density at radius 1 is 1.23 bits per heavy atom. The number of hydrogen-bond donors (Lipinski definition) is 1. The first-order valence-corrected chi connectivity index (χ1v) is 9.52. The summed E-state index contributed by atoms with van der Waals surface area (Å²) in [5.74, 6) is -0.512. The van der Waals surface area contributed by atoms with Crippen molar-refractivity contribution in [2.75, 3.05) is 0 Å². The molecule has 0 unspecified atom stereocenters. The van der Waals surface area contributed by atoms with Gasteiger partial charge >= 0.3 is 11.6 Å². The van der Waals surface area contributed by atoms with Crippen molar-refractivity contribution in [3.8, 4) is 5.75 Å². The van der Waals surface area contributed by atoms with E-state index >= 15 is 0 Å². The third-order valence-electron chi connectivity index (χ3n) is 5.11. The lowest BCUT2D eigenvalue weighted by molar-refractivity contribution is -0.144. The Morgan fingerprint density at radius 3 is 2.73 bits per heavy atom. The molecule has 0 amide bonds. The SMILES string of the molecule is CCCCCCc1cc2c3c(c(=O)oc2cc1O[C@H](C)C(=O)O)CCC3. The van der Waals surface area contributed by atoms with Gasteiger partial charge in [0.15, 0.2) is 6.10 Å². The quantitative estimate of drug-likeness (QED) is 0.564. The lowest BCUT2D eigenvalue weighted by atomic mass is 10.00. The zero-order valence-corrected chi connectivity index (χ0v) is 15.5. The summed E-state index contributed by atoms with van der Waals surface area (Å²) >= 11 is 0. The van der Waals surface area contributed by atoms with Crippen LogP contribution in [0.5, 0.6) is 5.75 Å². The van der Waals surface area contributed by atoms with Gasteiger partial charge < -0.3 is 14.3 Å². The predicted molar refractivity (Wildman–Crippen MR) is 100 cm³/mol. The van der Waals surface area contributed by atoms with Crippen molar-refractivity contribution in [1.29, 1.82) is 0 Å². The molecule has 0 saturated heterocycles. The third-order valence-corrected chi connectivity index (χ3v) is 5.11. The minimum atomic E-state index is -1.02. The second-order valence-electron chi connectivity index (χ2n) is 7.07. The highest BCUT2D eigenvalue weighted by atomic mass is 16.5. The number of carboxylic acid groups (broad SMARTS) is 1. The minimum absolute atomic E-state index is 0.280. The van der Waals surface area contributed by atoms with Gasteiger partial charge in [-0.05, 0) is 56.2 Å². The molecule has 26 heavy (non-hydrogen) atoms. The van der Waals surface area contributed by atoms with Crippen LogP contribution in [-0.4, -0.2) is 17.2 Å². The Hall–Kier alpha value is -2.30. The number of unbranched alkanes of at least 4 members (excludes halogenated alkanes) is 3. The van der Waals surface area contributed by atoms with Crippen LogP contribution in [-0.2, 0) is 24.1 Å². The molecule has 0 saturated carbocycles. The lowest BCUT2D eigenvalue weighted by Crippen LogP contribution is -2.23. The highest BCUT2D eigenvalue weighted by Crippen LogP contribution is 2.33. The zero-order valence-electron chi connectivity index (χ0n) is 15.5. The number of benzene rings is 1. The van der Waals surface area contributed by atoms with Crippen molar-refractivity contribution in [1.82, 2.24) is 0 Å². The van der Waals surface area contributed by atoms with Crippen molar-refractivity contribution >= 4 is 16.9 Å². The summed E-state index contributed by atoms with van der Waals surface area (Å²) in [4.78, 5) is 23.4. The Morgan fingerprint density at radius 2 is 2.00 bits per heavy atom. The molecule has 3 rings (SSSR count). The molecule has 0 bridgehead atoms. The molecular formula is C21H26O5. The molecule has 1 aromatic heterocycles. The van der Waals surface area contributed by atoms with Crippen molar-refractivity contribution in [2.24, 2.45) is 0 Å². The van der Waals surface area contributed by atoms with E-state index in [1.54, 1.807) is 6.07 Å². The summed E-state index contributed by atoms with van der Waals surface area (Å²) in [5.41, 5.74) is 3.08. The number of ether oxygens (including phenoxy) is 1. The molecule has 140 valence electrons. The molecule has 1 heterocycles. The van der Waals surface area contributed by atoms with Gasteiger partial charge in [-0.2, -0.15) is 0 Å². The van der Waals surface area contributed by atoms with E-state index in [4.69, 9.17) is 14.3 Å². The summed E-state index contributed by atoms with van der Waals surface area (Å²) in [6.45, 7) is 3.68. The normalized spacial score (nSPS) is 14.4. The van der Waals surface area contributed by atoms with Crippen LogP contribution in [0.2, 0.25) is 0 Å². The van der Waals surface area contributed by atoms with Gasteiger partial charge in [0.1, 0.15) is 11.3 Å². The second kappa shape index (κ2) is 7.94. The Bertz CT molecular complexity index is 865. The van der Waals surface area contributed by atoms with E-state index in [2.05, 4.69) is 6.92 Å². The topological polar surface area (TPSA) is 76.7 Å². The Kier molecular flexibility index (Phi) is 5.64. The minimum Gasteiger partial charge on any atom is -0.479 e. The summed E-state index contributed by atoms with van der Waals surface area (Å²) in [6, 6.07) is 3.74. The van der Waals surface area contributed by atoms with Crippen LogP contribution < -0.4 is 10.4 Å². The lowest BCUT2D eigenvalue weighted by Gasteiger charge is -2.16. The predicted octanol–water partition coefficient (Wildman–Crippen LogP) is 4.26. The molecule has 5 heteroatoms. The monoisotopic (exact) mass is 358 g/mol. The number of fused-ring (bicyclic) bond motifs is 3. The van der Waals surface area contributed by atoms with Crippen LogP contribution in [0.15, 0.2) is 21.3 Å². The van der Waals surface area contributed by atoms with Crippen molar-refractivity contribution in [3.63, 3.8) is 0 Å². The molecule has 0 fully saturated rings. The highest BCUT2D eigenvalue weighted by molar-refractivity contribution is 5.84. The molecule has 0 spiro atoms. The number of hydrogen-bond acceptors (Lipinski definition) is 4. The fraction of sp³-hybridized carbons (Fsp3) is 0.524. The average Bonchev–Trinajstić information content (AvgIpc) is 3.10. The van der Waals surface area contributed by atoms with Gasteiger partial charge in [0, 0.05) is 17.0 Å². The van der Waals surface area contributed by atoms with Crippen LogP contribution in [0.4, 0.5) is 0 Å². The number of aliphatic carboxylic acids is 1. The Balaban J connectivity index is 2.02. The fourth-order valence-corrected chi connectivity index (χ4v) is 3.64. The molecule has 1 N–H and O–H groups in total. The van der Waals surface area contributed by atoms with Gasteiger partial charge in [-0.15, -0.1) is 0 Å². The maximum atomic E-state index is 12.2. The molecule has 5 nitrogen and oxygen atoms in total. The number of carbonyl (C=O) groups is 1. The van der Waals surface area contributed by atoms with Crippen LogP contribution in [0.25, 0.3) is 11.0 Å². The summed E-state index contributed by atoms with van der Waals surface area (Å²) < 4.78 is 11.2. The molecule has 1 aliphatic rings. The fourth-order valence-electron chi connectivity index (χ4n) is 3.64. The maximum absolute atomic E-state index is 12.2. The van der Waals surface area contributed by atoms with Crippen LogP contribution in [0.1, 0.15) is 62.6 Å². The molecule has 0 radical (unpaired) electrons. The number of carboxylic acids is 1. The Labute approximate surface area is 153 Å². The van der Waals surface area contributed by atoms with E-state index < -0.39 is 12.1 Å². The van der Waals surface area contributed by atoms with E-state index in [1.165, 1.54) is 13.3 Å². The molecule has 1 aliphatic carbocycles. The smallest absolute Gasteiger partial charge is 0.344 e. The van der Waals surface area contributed by atoms with Gasteiger partial charge in [-0.3, -0.25) is 0 Å². The first-order valence-electron chi connectivity index (χ1n) is 9.52. The highest BCUT2D eigenvalue weighted by Gasteiger charge is 2.22. The molecule has 0 aliphatic heterocycles. The molecular weight excluding hydrogens is 332 g/mol. The van der Waals surface area contributed by atoms with Gasteiger partial charge in [-0.1, -0.05) is 26.2 Å². The van der Waals surface area contributed by atoms with Crippen LogP contribution in [0.3, 0.4) is 0 Å². The van der Waals surface area contributed by atoms with Crippen molar-refractivity contribution in [2.45, 2.75) is 71.3 Å². The second-order valence-corrected chi connectivity index (χ2v) is 7.07. The zero-order chi connectivity index (χ0) is 18.7. The van der Waals surface area contributed by atoms with Gasteiger partial charge in [-0.25, -0.2) is 9.59 Å². The van der Waals surface area contributed by atoms with E-state index in [9.17, 15) is 9.59 Å².